The largest absolute Gasteiger partial charge is 0.374 e. The van der Waals surface area contributed by atoms with Gasteiger partial charge in [0.15, 0.2) is 5.82 Å². The van der Waals surface area contributed by atoms with Crippen molar-refractivity contribution in [2.45, 2.75) is 26.0 Å². The van der Waals surface area contributed by atoms with Gasteiger partial charge in [-0.15, -0.1) is 0 Å². The fourth-order valence-corrected chi connectivity index (χ4v) is 2.58. The van der Waals surface area contributed by atoms with Crippen molar-refractivity contribution in [3.63, 3.8) is 0 Å². The van der Waals surface area contributed by atoms with Crippen LogP contribution >= 0.6 is 0 Å². The molecule has 8 nitrogen and oxygen atoms in total. The molecule has 1 aliphatic heterocycles. The van der Waals surface area contributed by atoms with E-state index in [1.165, 1.54) is 0 Å². The smallest absolute Gasteiger partial charge is 0.240 e. The SMILES string of the molecule is CO[C@H](C)c1noc(CN2CCCN(c3ncccn3)CC2)n1. The molecule has 0 saturated carbocycles. The predicted octanol–water partition coefficient (Wildman–Crippen LogP) is 1.28. The van der Waals surface area contributed by atoms with Crippen LogP contribution in [-0.4, -0.2) is 58.3 Å². The lowest BCUT2D eigenvalue weighted by molar-refractivity contribution is 0.109. The standard InChI is InChI=1S/C15H22N6O2/c1-12(22-2)14-18-13(23-19-14)11-20-7-4-8-21(10-9-20)15-16-5-3-6-17-15/h3,5-6,12H,4,7-11H2,1-2H3/t12-/m1/s1. The number of hydrogen-bond acceptors (Lipinski definition) is 8. The number of hydrogen-bond donors (Lipinski definition) is 0. The number of aromatic nitrogens is 4. The van der Waals surface area contributed by atoms with Crippen molar-refractivity contribution in [3.8, 4) is 0 Å². The third-order valence-corrected chi connectivity index (χ3v) is 3.98. The first-order chi connectivity index (χ1) is 11.3. The average Bonchev–Trinajstić information content (AvgIpc) is 2.93. The molecule has 0 aliphatic carbocycles. The quantitative estimate of drug-likeness (QED) is 0.815. The van der Waals surface area contributed by atoms with Gasteiger partial charge in [-0.1, -0.05) is 5.16 Å². The highest BCUT2D eigenvalue weighted by molar-refractivity contribution is 5.28. The summed E-state index contributed by atoms with van der Waals surface area (Å²) >= 11 is 0. The summed E-state index contributed by atoms with van der Waals surface area (Å²) in [5.41, 5.74) is 0. The van der Waals surface area contributed by atoms with Gasteiger partial charge in [-0.3, -0.25) is 4.90 Å². The Kier molecular flexibility index (Phi) is 5.14. The van der Waals surface area contributed by atoms with Crippen molar-refractivity contribution < 1.29 is 9.26 Å². The van der Waals surface area contributed by atoms with Crippen LogP contribution in [0, 0.1) is 0 Å². The minimum absolute atomic E-state index is 0.151. The summed E-state index contributed by atoms with van der Waals surface area (Å²) in [4.78, 5) is 17.6. The molecule has 2 aromatic heterocycles. The summed E-state index contributed by atoms with van der Waals surface area (Å²) < 4.78 is 10.5. The maximum Gasteiger partial charge on any atom is 0.240 e. The second-order valence-corrected chi connectivity index (χ2v) is 5.59. The molecule has 124 valence electrons. The zero-order chi connectivity index (χ0) is 16.1. The normalized spacial score (nSPS) is 17.9. The van der Waals surface area contributed by atoms with E-state index in [1.807, 2.05) is 13.0 Å². The van der Waals surface area contributed by atoms with Crippen LogP contribution in [0.3, 0.4) is 0 Å². The molecule has 0 radical (unpaired) electrons. The van der Waals surface area contributed by atoms with E-state index < -0.39 is 0 Å². The Morgan fingerprint density at radius 2 is 2.04 bits per heavy atom. The Morgan fingerprint density at radius 3 is 2.83 bits per heavy atom. The molecule has 3 rings (SSSR count). The molecule has 0 amide bonds. The highest BCUT2D eigenvalue weighted by Crippen LogP contribution is 2.15. The Hall–Kier alpha value is -2.06. The van der Waals surface area contributed by atoms with Gasteiger partial charge < -0.3 is 14.2 Å². The molecule has 1 fully saturated rings. The molecule has 1 saturated heterocycles. The van der Waals surface area contributed by atoms with Gasteiger partial charge in [-0.05, 0) is 19.4 Å². The van der Waals surface area contributed by atoms with Crippen molar-refractivity contribution in [1.29, 1.82) is 0 Å². The Balaban J connectivity index is 1.57. The molecule has 0 aromatic carbocycles. The van der Waals surface area contributed by atoms with Gasteiger partial charge in [-0.25, -0.2) is 9.97 Å². The van der Waals surface area contributed by atoms with E-state index in [4.69, 9.17) is 9.26 Å². The van der Waals surface area contributed by atoms with E-state index in [0.29, 0.717) is 18.3 Å². The second-order valence-electron chi connectivity index (χ2n) is 5.59. The summed E-state index contributed by atoms with van der Waals surface area (Å²) in [7, 11) is 1.63. The van der Waals surface area contributed by atoms with Crippen molar-refractivity contribution in [2.24, 2.45) is 0 Å². The molecule has 0 spiro atoms. The fraction of sp³-hybridized carbons (Fsp3) is 0.600. The topological polar surface area (TPSA) is 80.4 Å². The molecule has 0 unspecified atom stereocenters. The van der Waals surface area contributed by atoms with Gasteiger partial charge in [0.05, 0.1) is 6.54 Å². The zero-order valence-corrected chi connectivity index (χ0v) is 13.6. The molecule has 2 aromatic rings. The van der Waals surface area contributed by atoms with E-state index in [-0.39, 0.29) is 6.10 Å². The molecular weight excluding hydrogens is 296 g/mol. The van der Waals surface area contributed by atoms with Crippen LogP contribution in [0.25, 0.3) is 0 Å². The molecule has 0 N–H and O–H groups in total. The van der Waals surface area contributed by atoms with Crippen LogP contribution in [0.5, 0.6) is 0 Å². The lowest BCUT2D eigenvalue weighted by Gasteiger charge is -2.20. The molecule has 1 atom stereocenters. The minimum atomic E-state index is -0.151. The zero-order valence-electron chi connectivity index (χ0n) is 13.6. The molecule has 23 heavy (non-hydrogen) atoms. The lowest BCUT2D eigenvalue weighted by Crippen LogP contribution is -2.31. The van der Waals surface area contributed by atoms with Crippen LogP contribution in [0.1, 0.15) is 31.2 Å². The Morgan fingerprint density at radius 1 is 1.22 bits per heavy atom. The van der Waals surface area contributed by atoms with Crippen LogP contribution in [0.15, 0.2) is 23.0 Å². The van der Waals surface area contributed by atoms with E-state index in [9.17, 15) is 0 Å². The van der Waals surface area contributed by atoms with Gasteiger partial charge in [0.1, 0.15) is 6.10 Å². The first-order valence-corrected chi connectivity index (χ1v) is 7.86. The second kappa shape index (κ2) is 7.47. The van der Waals surface area contributed by atoms with E-state index in [2.05, 4.69) is 29.9 Å². The van der Waals surface area contributed by atoms with Gasteiger partial charge in [0.25, 0.3) is 0 Å². The molecule has 3 heterocycles. The summed E-state index contributed by atoms with van der Waals surface area (Å²) in [6.07, 6.45) is 4.46. The van der Waals surface area contributed by atoms with Gasteiger partial charge in [0.2, 0.25) is 11.8 Å². The minimum Gasteiger partial charge on any atom is -0.374 e. The monoisotopic (exact) mass is 318 g/mol. The van der Waals surface area contributed by atoms with Crippen LogP contribution in [-0.2, 0) is 11.3 Å². The van der Waals surface area contributed by atoms with E-state index in [0.717, 1.165) is 38.5 Å². The number of methoxy groups -OCH3 is 1. The number of nitrogens with zero attached hydrogens (tertiary/aromatic N) is 6. The Bertz CT molecular complexity index is 605. The highest BCUT2D eigenvalue weighted by atomic mass is 16.5. The molecule has 1 aliphatic rings. The summed E-state index contributed by atoms with van der Waals surface area (Å²) in [5.74, 6) is 2.02. The third-order valence-electron chi connectivity index (χ3n) is 3.98. The van der Waals surface area contributed by atoms with Gasteiger partial charge in [0, 0.05) is 45.7 Å². The van der Waals surface area contributed by atoms with Crippen LogP contribution < -0.4 is 4.90 Å². The Labute approximate surface area is 135 Å². The molecular formula is C15H22N6O2. The number of anilines is 1. The van der Waals surface area contributed by atoms with Crippen molar-refractivity contribution in [2.75, 3.05) is 38.2 Å². The summed E-state index contributed by atoms with van der Waals surface area (Å²) in [6, 6.07) is 1.84. The number of rotatable bonds is 5. The molecule has 0 bridgehead atoms. The average molecular weight is 318 g/mol. The van der Waals surface area contributed by atoms with E-state index >= 15 is 0 Å². The molecule has 8 heteroatoms. The third kappa shape index (κ3) is 4.02. The first-order valence-electron chi connectivity index (χ1n) is 7.86. The van der Waals surface area contributed by atoms with Crippen molar-refractivity contribution in [3.05, 3.63) is 30.2 Å². The first kappa shape index (κ1) is 15.8. The predicted molar refractivity (Wildman–Crippen MR) is 83.9 cm³/mol. The highest BCUT2D eigenvalue weighted by Gasteiger charge is 2.19. The lowest BCUT2D eigenvalue weighted by atomic mass is 10.3. The fourth-order valence-electron chi connectivity index (χ4n) is 2.58. The van der Waals surface area contributed by atoms with Crippen molar-refractivity contribution in [1.82, 2.24) is 25.0 Å². The van der Waals surface area contributed by atoms with Gasteiger partial charge >= 0.3 is 0 Å². The van der Waals surface area contributed by atoms with Crippen LogP contribution in [0.2, 0.25) is 0 Å². The van der Waals surface area contributed by atoms with Gasteiger partial charge in [-0.2, -0.15) is 4.98 Å². The summed E-state index contributed by atoms with van der Waals surface area (Å²) in [6.45, 7) is 6.30. The van der Waals surface area contributed by atoms with Crippen molar-refractivity contribution >= 4 is 5.95 Å². The number of ether oxygens (including phenoxy) is 1. The maximum atomic E-state index is 5.32. The van der Waals surface area contributed by atoms with E-state index in [1.54, 1.807) is 19.5 Å². The maximum absolute atomic E-state index is 5.32. The summed E-state index contributed by atoms with van der Waals surface area (Å²) in [5, 5.41) is 3.97. The van der Waals surface area contributed by atoms with Crippen LogP contribution in [0.4, 0.5) is 5.95 Å².